The molecule has 0 saturated carbocycles. The molecule has 0 radical (unpaired) electrons. The van der Waals surface area contributed by atoms with Crippen LogP contribution in [0.15, 0.2) is 0 Å². The summed E-state index contributed by atoms with van der Waals surface area (Å²) in [5.41, 5.74) is 5.93. The van der Waals surface area contributed by atoms with Gasteiger partial charge in [0.15, 0.2) is 5.82 Å². The molecule has 0 aliphatic rings. The summed E-state index contributed by atoms with van der Waals surface area (Å²) in [7, 11) is 5.33. The first kappa shape index (κ1) is 14.7. The van der Waals surface area contributed by atoms with E-state index >= 15 is 0 Å². The summed E-state index contributed by atoms with van der Waals surface area (Å²) >= 11 is 1.17. The molecule has 3 N–H and O–H groups in total. The number of hydrogen-bond donors (Lipinski definition) is 2. The average Bonchev–Trinajstić information content (AvgIpc) is 2.67. The standard InChI is InChI=1S/C11H20N4O2S/c1-11(2,15(3)4)6-13-9-7(10(16)17-5)8(12)14-18-9/h13H,6H2,1-5H3,(H2,12,14). The van der Waals surface area contributed by atoms with Crippen molar-refractivity contribution in [2.75, 3.05) is 38.8 Å². The van der Waals surface area contributed by atoms with Crippen molar-refractivity contribution in [3.05, 3.63) is 5.56 Å². The van der Waals surface area contributed by atoms with Gasteiger partial charge in [0, 0.05) is 12.1 Å². The van der Waals surface area contributed by atoms with Crippen LogP contribution in [-0.4, -0.2) is 48.5 Å². The third-order valence-corrected chi connectivity index (χ3v) is 3.82. The van der Waals surface area contributed by atoms with Gasteiger partial charge in [-0.1, -0.05) is 0 Å². The van der Waals surface area contributed by atoms with Gasteiger partial charge in [-0.05, 0) is 39.5 Å². The minimum atomic E-state index is -0.466. The lowest BCUT2D eigenvalue weighted by atomic mass is 10.0. The molecule has 0 aliphatic carbocycles. The predicted octanol–water partition coefficient (Wildman–Crippen LogP) is 1.26. The molecule has 1 aromatic heterocycles. The van der Waals surface area contributed by atoms with E-state index in [2.05, 4.69) is 28.4 Å². The first-order valence-corrected chi connectivity index (χ1v) is 6.31. The average molecular weight is 272 g/mol. The Morgan fingerprint density at radius 3 is 2.67 bits per heavy atom. The van der Waals surface area contributed by atoms with Gasteiger partial charge in [0.25, 0.3) is 0 Å². The maximum atomic E-state index is 11.6. The van der Waals surface area contributed by atoms with Crippen LogP contribution >= 0.6 is 11.5 Å². The van der Waals surface area contributed by atoms with Crippen LogP contribution in [0.2, 0.25) is 0 Å². The van der Waals surface area contributed by atoms with Gasteiger partial charge in [0.05, 0.1) is 7.11 Å². The quantitative estimate of drug-likeness (QED) is 0.786. The van der Waals surface area contributed by atoms with E-state index in [1.807, 2.05) is 14.1 Å². The third kappa shape index (κ3) is 3.11. The summed E-state index contributed by atoms with van der Waals surface area (Å²) < 4.78 is 8.67. The highest BCUT2D eigenvalue weighted by atomic mass is 32.1. The number of aromatic nitrogens is 1. The number of nitrogens with zero attached hydrogens (tertiary/aromatic N) is 2. The molecule has 0 aromatic carbocycles. The van der Waals surface area contributed by atoms with Crippen LogP contribution < -0.4 is 11.1 Å². The Bertz CT molecular complexity index is 429. The second-order valence-electron chi connectivity index (χ2n) is 4.82. The van der Waals surface area contributed by atoms with Crippen LogP contribution in [0.25, 0.3) is 0 Å². The van der Waals surface area contributed by atoms with Gasteiger partial charge in [0.1, 0.15) is 10.6 Å². The number of rotatable bonds is 5. The number of ether oxygens (including phenoxy) is 1. The fourth-order valence-electron chi connectivity index (χ4n) is 1.18. The lowest BCUT2D eigenvalue weighted by Gasteiger charge is -2.32. The first-order valence-electron chi connectivity index (χ1n) is 5.54. The zero-order valence-corrected chi connectivity index (χ0v) is 12.2. The van der Waals surface area contributed by atoms with E-state index in [1.165, 1.54) is 18.6 Å². The van der Waals surface area contributed by atoms with E-state index in [0.29, 0.717) is 17.1 Å². The first-order chi connectivity index (χ1) is 8.29. The normalized spacial score (nSPS) is 11.7. The molecule has 0 aliphatic heterocycles. The molecule has 0 bridgehead atoms. The van der Waals surface area contributed by atoms with Gasteiger partial charge in [0.2, 0.25) is 0 Å². The monoisotopic (exact) mass is 272 g/mol. The number of nitrogens with two attached hydrogens (primary N) is 1. The van der Waals surface area contributed by atoms with E-state index in [9.17, 15) is 4.79 Å². The van der Waals surface area contributed by atoms with Crippen molar-refractivity contribution >= 4 is 28.3 Å². The Hall–Kier alpha value is -1.34. The number of esters is 1. The summed E-state index contributed by atoms with van der Waals surface area (Å²) in [4.78, 5) is 13.7. The molecule has 0 spiro atoms. The van der Waals surface area contributed by atoms with E-state index in [-0.39, 0.29) is 11.4 Å². The highest BCUT2D eigenvalue weighted by Gasteiger charge is 2.24. The molecular formula is C11H20N4O2S. The number of carbonyl (C=O) groups excluding carboxylic acids is 1. The number of nitrogens with one attached hydrogen (secondary N) is 1. The summed E-state index contributed by atoms with van der Waals surface area (Å²) in [6.45, 7) is 4.87. The molecule has 0 fully saturated rings. The number of methoxy groups -OCH3 is 1. The molecule has 1 rings (SSSR count). The topological polar surface area (TPSA) is 80.5 Å². The second-order valence-corrected chi connectivity index (χ2v) is 5.60. The minimum absolute atomic E-state index is 0.0495. The largest absolute Gasteiger partial charge is 0.465 e. The minimum Gasteiger partial charge on any atom is -0.465 e. The van der Waals surface area contributed by atoms with Crippen molar-refractivity contribution in [3.8, 4) is 0 Å². The molecule has 0 amide bonds. The van der Waals surface area contributed by atoms with Crippen molar-refractivity contribution in [2.45, 2.75) is 19.4 Å². The Morgan fingerprint density at radius 1 is 1.56 bits per heavy atom. The van der Waals surface area contributed by atoms with E-state index < -0.39 is 5.97 Å². The maximum Gasteiger partial charge on any atom is 0.344 e. The second kappa shape index (κ2) is 5.53. The number of nitrogen functional groups attached to an aromatic ring is 1. The van der Waals surface area contributed by atoms with E-state index in [4.69, 9.17) is 10.5 Å². The molecule has 1 heterocycles. The number of carbonyl (C=O) groups is 1. The summed E-state index contributed by atoms with van der Waals surface area (Å²) in [5, 5.41) is 3.85. The van der Waals surface area contributed by atoms with Crippen LogP contribution in [0, 0.1) is 0 Å². The molecule has 0 unspecified atom stereocenters. The van der Waals surface area contributed by atoms with Crippen LogP contribution in [-0.2, 0) is 4.74 Å². The molecule has 7 heteroatoms. The van der Waals surface area contributed by atoms with Crippen molar-refractivity contribution < 1.29 is 9.53 Å². The highest BCUT2D eigenvalue weighted by Crippen LogP contribution is 2.28. The van der Waals surface area contributed by atoms with E-state index in [1.54, 1.807) is 0 Å². The summed E-state index contributed by atoms with van der Waals surface area (Å²) in [5.74, 6) is -0.261. The third-order valence-electron chi connectivity index (χ3n) is 3.00. The molecule has 0 saturated heterocycles. The van der Waals surface area contributed by atoms with Gasteiger partial charge in [-0.2, -0.15) is 4.37 Å². The molecule has 1 aromatic rings. The van der Waals surface area contributed by atoms with Gasteiger partial charge < -0.3 is 20.7 Å². The number of anilines is 2. The predicted molar refractivity (Wildman–Crippen MR) is 74.1 cm³/mol. The van der Waals surface area contributed by atoms with Crippen molar-refractivity contribution in [1.29, 1.82) is 0 Å². The Kier molecular flexibility index (Phi) is 4.53. The summed E-state index contributed by atoms with van der Waals surface area (Å²) in [6.07, 6.45) is 0. The van der Waals surface area contributed by atoms with E-state index in [0.717, 1.165) is 0 Å². The zero-order chi connectivity index (χ0) is 13.9. The molecule has 6 nitrogen and oxygen atoms in total. The van der Waals surface area contributed by atoms with Gasteiger partial charge in [-0.3, -0.25) is 0 Å². The van der Waals surface area contributed by atoms with Gasteiger partial charge in [-0.25, -0.2) is 4.79 Å². The van der Waals surface area contributed by atoms with Crippen molar-refractivity contribution in [3.63, 3.8) is 0 Å². The van der Waals surface area contributed by atoms with Crippen LogP contribution in [0.1, 0.15) is 24.2 Å². The Labute approximate surface area is 111 Å². The Balaban J connectivity index is 2.83. The lowest BCUT2D eigenvalue weighted by molar-refractivity contribution is 0.0603. The van der Waals surface area contributed by atoms with Gasteiger partial charge in [-0.15, -0.1) is 0 Å². The lowest BCUT2D eigenvalue weighted by Crippen LogP contribution is -2.44. The van der Waals surface area contributed by atoms with Gasteiger partial charge >= 0.3 is 5.97 Å². The number of likely N-dealkylation sites (N-methyl/N-ethyl adjacent to an activating group) is 1. The zero-order valence-electron chi connectivity index (χ0n) is 11.4. The Morgan fingerprint density at radius 2 is 2.17 bits per heavy atom. The number of hydrogen-bond acceptors (Lipinski definition) is 7. The SMILES string of the molecule is COC(=O)c1c(N)nsc1NCC(C)(C)N(C)C. The molecular weight excluding hydrogens is 252 g/mol. The fraction of sp³-hybridized carbons (Fsp3) is 0.636. The van der Waals surface area contributed by atoms with Crippen molar-refractivity contribution in [2.24, 2.45) is 0 Å². The molecule has 18 heavy (non-hydrogen) atoms. The summed E-state index contributed by atoms with van der Waals surface area (Å²) in [6, 6.07) is 0. The van der Waals surface area contributed by atoms with Crippen LogP contribution in [0.3, 0.4) is 0 Å². The maximum absolute atomic E-state index is 11.6. The fourth-order valence-corrected chi connectivity index (χ4v) is 1.87. The molecule has 102 valence electrons. The smallest absolute Gasteiger partial charge is 0.344 e. The van der Waals surface area contributed by atoms with Crippen molar-refractivity contribution in [1.82, 2.24) is 9.27 Å². The van der Waals surface area contributed by atoms with Crippen LogP contribution in [0.4, 0.5) is 10.8 Å². The van der Waals surface area contributed by atoms with Crippen LogP contribution in [0.5, 0.6) is 0 Å². The molecule has 0 atom stereocenters. The highest BCUT2D eigenvalue weighted by molar-refractivity contribution is 7.11.